The molecule has 2 aromatic carbocycles. The Morgan fingerprint density at radius 3 is 2.72 bits per heavy atom. The largest absolute Gasteiger partial charge is 0.497 e. The molecule has 1 amide bonds. The second kappa shape index (κ2) is 8.10. The molecule has 0 unspecified atom stereocenters. The molecule has 1 aliphatic rings. The summed E-state index contributed by atoms with van der Waals surface area (Å²) >= 11 is 0. The molecule has 0 aliphatic carbocycles. The van der Waals surface area contributed by atoms with Crippen molar-refractivity contribution in [3.05, 3.63) is 76.8 Å². The maximum Gasteiger partial charge on any atom is 0.276 e. The van der Waals surface area contributed by atoms with Crippen LogP contribution >= 0.6 is 0 Å². The van der Waals surface area contributed by atoms with Crippen LogP contribution in [-0.2, 0) is 6.54 Å². The van der Waals surface area contributed by atoms with E-state index in [-0.39, 0.29) is 18.3 Å². The number of nitrogens with zero attached hydrogens (tertiary/aromatic N) is 3. The molecule has 162 valence electrons. The molecule has 3 heterocycles. The fraction of sp³-hybridized carbons (Fsp3) is 0.174. The molecular formula is C23H20N4O5. The van der Waals surface area contributed by atoms with Gasteiger partial charge in [-0.2, -0.15) is 5.10 Å². The van der Waals surface area contributed by atoms with Crippen LogP contribution in [0.15, 0.2) is 65.7 Å². The molecular weight excluding hydrogens is 412 g/mol. The third kappa shape index (κ3) is 3.64. The lowest BCUT2D eigenvalue weighted by molar-refractivity contribution is 0.0951. The number of aromatic nitrogens is 3. The van der Waals surface area contributed by atoms with Gasteiger partial charge in [-0.15, -0.1) is 0 Å². The number of fused-ring (bicyclic) bond motifs is 2. The van der Waals surface area contributed by atoms with E-state index in [4.69, 9.17) is 14.2 Å². The Kier molecular flexibility index (Phi) is 4.98. The van der Waals surface area contributed by atoms with E-state index in [1.165, 1.54) is 0 Å². The molecule has 9 nitrogen and oxygen atoms in total. The number of ether oxygens (including phenoxy) is 3. The predicted octanol–water partition coefficient (Wildman–Crippen LogP) is 2.33. The Balaban J connectivity index is 1.28. The van der Waals surface area contributed by atoms with Crippen LogP contribution in [0, 0.1) is 0 Å². The van der Waals surface area contributed by atoms with Crippen LogP contribution in [0.1, 0.15) is 10.4 Å². The first kappa shape index (κ1) is 19.7. The van der Waals surface area contributed by atoms with Crippen molar-refractivity contribution in [2.24, 2.45) is 0 Å². The second-order valence-corrected chi connectivity index (χ2v) is 7.21. The van der Waals surface area contributed by atoms with Gasteiger partial charge in [-0.05, 0) is 48.5 Å². The van der Waals surface area contributed by atoms with Crippen molar-refractivity contribution in [1.29, 1.82) is 0 Å². The van der Waals surface area contributed by atoms with Gasteiger partial charge >= 0.3 is 0 Å². The van der Waals surface area contributed by atoms with Crippen LogP contribution in [-0.4, -0.2) is 40.5 Å². The number of hydrogen-bond acceptors (Lipinski definition) is 6. The summed E-state index contributed by atoms with van der Waals surface area (Å²) < 4.78 is 18.8. The summed E-state index contributed by atoms with van der Waals surface area (Å²) in [5.41, 5.74) is 2.32. The van der Waals surface area contributed by atoms with Gasteiger partial charge in [0.2, 0.25) is 6.79 Å². The predicted molar refractivity (Wildman–Crippen MR) is 116 cm³/mol. The van der Waals surface area contributed by atoms with Gasteiger partial charge in [0.1, 0.15) is 11.3 Å². The highest BCUT2D eigenvalue weighted by Gasteiger charge is 2.16. The molecule has 0 saturated carbocycles. The Hall–Kier alpha value is -4.27. The van der Waals surface area contributed by atoms with Gasteiger partial charge in [-0.25, -0.2) is 4.52 Å². The van der Waals surface area contributed by atoms with E-state index in [9.17, 15) is 9.59 Å². The number of carbonyl (C=O) groups is 1. The lowest BCUT2D eigenvalue weighted by Crippen LogP contribution is -2.31. The zero-order valence-electron chi connectivity index (χ0n) is 17.3. The molecule has 9 heteroatoms. The number of hydrogen-bond donors (Lipinski definition) is 1. The third-order valence-electron chi connectivity index (χ3n) is 5.26. The van der Waals surface area contributed by atoms with Gasteiger partial charge < -0.3 is 24.1 Å². The highest BCUT2D eigenvalue weighted by atomic mass is 16.7. The fourth-order valence-electron chi connectivity index (χ4n) is 3.53. The summed E-state index contributed by atoms with van der Waals surface area (Å²) in [7, 11) is 1.61. The summed E-state index contributed by atoms with van der Waals surface area (Å²) in [4.78, 5) is 25.3. The molecule has 32 heavy (non-hydrogen) atoms. The fourth-order valence-corrected chi connectivity index (χ4v) is 3.53. The SMILES string of the molecule is COc1ccc(-c2cc3c(=O)n(CCNC(=O)c4ccc5c(c4)OCO5)ccn3n2)cc1. The van der Waals surface area contributed by atoms with Crippen molar-refractivity contribution in [2.75, 3.05) is 20.4 Å². The Bertz CT molecular complexity index is 1360. The van der Waals surface area contributed by atoms with Gasteiger partial charge in [0.25, 0.3) is 11.5 Å². The molecule has 1 aliphatic heterocycles. The summed E-state index contributed by atoms with van der Waals surface area (Å²) in [5.74, 6) is 1.68. The molecule has 0 radical (unpaired) electrons. The first-order chi connectivity index (χ1) is 15.6. The van der Waals surface area contributed by atoms with Crippen LogP contribution in [0.4, 0.5) is 0 Å². The van der Waals surface area contributed by atoms with Crippen LogP contribution in [0.25, 0.3) is 16.8 Å². The molecule has 1 N–H and O–H groups in total. The van der Waals surface area contributed by atoms with E-state index in [0.29, 0.717) is 41.4 Å². The average Bonchev–Trinajstić information content (AvgIpc) is 3.47. The molecule has 0 fully saturated rings. The lowest BCUT2D eigenvalue weighted by Gasteiger charge is -2.08. The minimum atomic E-state index is -0.247. The summed E-state index contributed by atoms with van der Waals surface area (Å²) in [6, 6.07) is 14.3. The monoisotopic (exact) mass is 432 g/mol. The topological polar surface area (TPSA) is 96.1 Å². The van der Waals surface area contributed by atoms with E-state index in [1.54, 1.807) is 52.9 Å². The summed E-state index contributed by atoms with van der Waals surface area (Å²) in [6.45, 7) is 0.776. The van der Waals surface area contributed by atoms with Crippen LogP contribution < -0.4 is 25.1 Å². The van der Waals surface area contributed by atoms with Gasteiger partial charge in [-0.3, -0.25) is 9.59 Å². The first-order valence-corrected chi connectivity index (χ1v) is 10.0. The van der Waals surface area contributed by atoms with Crippen molar-refractivity contribution in [2.45, 2.75) is 6.54 Å². The molecule has 4 aromatic rings. The van der Waals surface area contributed by atoms with Crippen LogP contribution in [0.3, 0.4) is 0 Å². The Morgan fingerprint density at radius 2 is 1.91 bits per heavy atom. The van der Waals surface area contributed by atoms with E-state index in [1.807, 2.05) is 24.3 Å². The van der Waals surface area contributed by atoms with E-state index in [2.05, 4.69) is 10.4 Å². The van der Waals surface area contributed by atoms with E-state index < -0.39 is 0 Å². The van der Waals surface area contributed by atoms with Gasteiger partial charge in [-0.1, -0.05) is 0 Å². The number of methoxy groups -OCH3 is 1. The minimum absolute atomic E-state index is 0.153. The van der Waals surface area contributed by atoms with Crippen molar-refractivity contribution in [3.8, 4) is 28.5 Å². The average molecular weight is 432 g/mol. The van der Waals surface area contributed by atoms with Crippen molar-refractivity contribution in [1.82, 2.24) is 19.5 Å². The second-order valence-electron chi connectivity index (χ2n) is 7.21. The molecule has 0 saturated heterocycles. The third-order valence-corrected chi connectivity index (χ3v) is 5.26. The molecule has 5 rings (SSSR count). The van der Waals surface area contributed by atoms with Crippen LogP contribution in [0.2, 0.25) is 0 Å². The highest BCUT2D eigenvalue weighted by Crippen LogP contribution is 2.32. The Labute approximate surface area is 182 Å². The zero-order valence-corrected chi connectivity index (χ0v) is 17.3. The smallest absolute Gasteiger partial charge is 0.276 e. The quantitative estimate of drug-likeness (QED) is 0.502. The molecule has 0 spiro atoms. The van der Waals surface area contributed by atoms with Gasteiger partial charge in [0.15, 0.2) is 11.5 Å². The van der Waals surface area contributed by atoms with Gasteiger partial charge in [0.05, 0.1) is 12.8 Å². The van der Waals surface area contributed by atoms with Crippen LogP contribution in [0.5, 0.6) is 17.2 Å². The summed E-state index contributed by atoms with van der Waals surface area (Å²) in [6.07, 6.45) is 3.39. The molecule has 0 atom stereocenters. The number of benzene rings is 2. The standard InChI is InChI=1S/C23H20N4O5/c1-30-17-5-2-15(3-6-17)18-13-19-23(29)26(10-11-27(19)25-18)9-8-24-22(28)16-4-7-20-21(12-16)32-14-31-20/h2-7,10-13H,8-9,14H2,1H3,(H,24,28). The number of rotatable bonds is 6. The number of amides is 1. The number of carbonyl (C=O) groups excluding carboxylic acids is 1. The molecule has 0 bridgehead atoms. The minimum Gasteiger partial charge on any atom is -0.497 e. The van der Waals surface area contributed by atoms with Crippen molar-refractivity contribution in [3.63, 3.8) is 0 Å². The summed E-state index contributed by atoms with van der Waals surface area (Å²) in [5, 5.41) is 7.31. The zero-order chi connectivity index (χ0) is 22.1. The maximum absolute atomic E-state index is 12.9. The number of nitrogens with one attached hydrogen (secondary N) is 1. The first-order valence-electron chi connectivity index (χ1n) is 10.0. The Morgan fingerprint density at radius 1 is 1.09 bits per heavy atom. The normalized spacial score (nSPS) is 12.2. The van der Waals surface area contributed by atoms with Gasteiger partial charge in [0, 0.05) is 36.6 Å². The lowest BCUT2D eigenvalue weighted by atomic mass is 10.1. The van der Waals surface area contributed by atoms with E-state index >= 15 is 0 Å². The molecule has 2 aromatic heterocycles. The van der Waals surface area contributed by atoms with E-state index in [0.717, 1.165) is 11.3 Å². The maximum atomic E-state index is 12.9. The van der Waals surface area contributed by atoms with Crippen molar-refractivity contribution >= 4 is 11.4 Å². The van der Waals surface area contributed by atoms with Crippen molar-refractivity contribution < 1.29 is 19.0 Å². The highest BCUT2D eigenvalue weighted by molar-refractivity contribution is 5.94.